The third-order valence-corrected chi connectivity index (χ3v) is 4.01. The Morgan fingerprint density at radius 3 is 1.15 bits per heavy atom. The molecule has 0 saturated heterocycles. The highest BCUT2D eigenvalue weighted by Crippen LogP contribution is 2.38. The number of benzene rings is 2. The summed E-state index contributed by atoms with van der Waals surface area (Å²) in [5.41, 5.74) is -6.59. The molecule has 0 saturated carbocycles. The second-order valence-electron chi connectivity index (χ2n) is 6.58. The van der Waals surface area contributed by atoms with Gasteiger partial charge >= 0.3 is 24.7 Å². The van der Waals surface area contributed by atoms with Crippen LogP contribution >= 0.6 is 0 Å². The second-order valence-corrected chi connectivity index (χ2v) is 6.58. The van der Waals surface area contributed by atoms with Crippen molar-refractivity contribution in [3.8, 4) is 0 Å². The lowest BCUT2D eigenvalue weighted by molar-refractivity contribution is -0.144. The molecule has 0 aliphatic rings. The molecule has 0 bridgehead atoms. The lowest BCUT2D eigenvalue weighted by atomic mass is 10.0. The molecule has 1 atom stereocenters. The Bertz CT molecular complexity index is 921. The van der Waals surface area contributed by atoms with Gasteiger partial charge in [0.1, 0.15) is 6.10 Å². The van der Waals surface area contributed by atoms with Gasteiger partial charge in [0.25, 0.3) is 0 Å². The monoisotopic (exact) mass is 514 g/mol. The molecule has 2 N–H and O–H groups in total. The van der Waals surface area contributed by atoms with Crippen LogP contribution in [0, 0.1) is 0 Å². The average Bonchev–Trinajstić information content (AvgIpc) is 2.70. The Labute approximate surface area is 183 Å². The number of alkyl halides is 12. The maximum atomic E-state index is 12.4. The van der Waals surface area contributed by atoms with E-state index < -0.39 is 65.2 Å². The van der Waals surface area contributed by atoms with Crippen molar-refractivity contribution in [1.82, 2.24) is 0 Å². The Morgan fingerprint density at radius 1 is 0.618 bits per heavy atom. The molecule has 190 valence electrons. The third kappa shape index (κ3) is 8.24. The Hall–Kier alpha value is -2.74. The average molecular weight is 514 g/mol. The summed E-state index contributed by atoms with van der Waals surface area (Å²) < 4.78 is 148. The lowest BCUT2D eigenvalue weighted by Crippen LogP contribution is -2.13. The summed E-state index contributed by atoms with van der Waals surface area (Å²) in [6, 6.07) is 2.00. The molecule has 2 aromatic rings. The Kier molecular flexibility index (Phi) is 8.84. The molecule has 0 aliphatic heterocycles. The van der Waals surface area contributed by atoms with Crippen molar-refractivity contribution in [3.63, 3.8) is 0 Å². The van der Waals surface area contributed by atoms with Crippen LogP contribution in [0.4, 0.5) is 52.7 Å². The summed E-state index contributed by atoms with van der Waals surface area (Å²) >= 11 is 0. The summed E-state index contributed by atoms with van der Waals surface area (Å²) in [5.74, 6) is 0. The van der Waals surface area contributed by atoms with E-state index in [4.69, 9.17) is 10.2 Å². The Balaban J connectivity index is 0.000000342. The molecule has 0 aromatic heterocycles. The van der Waals surface area contributed by atoms with E-state index in [0.717, 1.165) is 6.08 Å². The van der Waals surface area contributed by atoms with E-state index in [1.807, 2.05) is 0 Å². The molecule has 2 rings (SSSR count). The predicted octanol–water partition coefficient (Wildman–Crippen LogP) is 7.12. The van der Waals surface area contributed by atoms with Crippen LogP contribution in [-0.4, -0.2) is 16.8 Å². The molecule has 0 amide bonds. The van der Waals surface area contributed by atoms with Crippen LogP contribution in [0.3, 0.4) is 0 Å². The van der Waals surface area contributed by atoms with E-state index in [-0.39, 0.29) is 17.7 Å². The first kappa shape index (κ1) is 29.3. The fourth-order valence-corrected chi connectivity index (χ4v) is 2.37. The quantitative estimate of drug-likeness (QED) is 0.429. The number of aliphatic hydroxyl groups is 2. The summed E-state index contributed by atoms with van der Waals surface area (Å²) in [6.07, 6.45) is -20.4. The maximum Gasteiger partial charge on any atom is 0.416 e. The molecule has 2 nitrogen and oxygen atoms in total. The standard InChI is InChI=1S/C10H8F6O2.C10H6F6/c11-9(12,13)6-1-5(8(18)4-17)2-7(3-6)10(14,15)16;1-2-6-3-7(9(11,12)13)5-8(4-6)10(14,15)16/h1-3,8,17-18H,4H2;2-5H,1H2/t8-;/m1./s1. The second kappa shape index (κ2) is 10.3. The summed E-state index contributed by atoms with van der Waals surface area (Å²) in [4.78, 5) is 0. The highest BCUT2D eigenvalue weighted by atomic mass is 19.4. The molecular formula is C20H14F12O2. The van der Waals surface area contributed by atoms with E-state index >= 15 is 0 Å². The van der Waals surface area contributed by atoms with Gasteiger partial charge in [0.2, 0.25) is 0 Å². The molecule has 2 aromatic carbocycles. The minimum absolute atomic E-state index is 0.0480. The fraction of sp³-hybridized carbons (Fsp3) is 0.300. The highest BCUT2D eigenvalue weighted by Gasteiger charge is 2.38. The molecule has 34 heavy (non-hydrogen) atoms. The van der Waals surface area contributed by atoms with E-state index in [1.54, 1.807) is 0 Å². The maximum absolute atomic E-state index is 12.4. The van der Waals surface area contributed by atoms with Crippen LogP contribution < -0.4 is 0 Å². The normalized spacial score (nSPS) is 13.7. The number of rotatable bonds is 3. The number of aliphatic hydroxyl groups excluding tert-OH is 2. The summed E-state index contributed by atoms with van der Waals surface area (Å²) in [7, 11) is 0. The van der Waals surface area contributed by atoms with Crippen molar-refractivity contribution in [3.05, 3.63) is 76.4 Å². The Morgan fingerprint density at radius 2 is 0.912 bits per heavy atom. The van der Waals surface area contributed by atoms with Crippen molar-refractivity contribution < 1.29 is 62.9 Å². The first-order valence-corrected chi connectivity index (χ1v) is 8.70. The number of halogens is 12. The van der Waals surface area contributed by atoms with Gasteiger partial charge < -0.3 is 10.2 Å². The smallest absolute Gasteiger partial charge is 0.393 e. The molecule has 14 heteroatoms. The van der Waals surface area contributed by atoms with E-state index in [1.165, 1.54) is 0 Å². The zero-order valence-corrected chi connectivity index (χ0v) is 16.5. The van der Waals surface area contributed by atoms with E-state index in [2.05, 4.69) is 6.58 Å². The predicted molar refractivity (Wildman–Crippen MR) is 95.0 cm³/mol. The van der Waals surface area contributed by atoms with Gasteiger partial charge in [-0.3, -0.25) is 0 Å². The van der Waals surface area contributed by atoms with Gasteiger partial charge in [0, 0.05) is 0 Å². The van der Waals surface area contributed by atoms with Gasteiger partial charge in [-0.05, 0) is 47.5 Å². The van der Waals surface area contributed by atoms with Crippen LogP contribution in [0.25, 0.3) is 6.08 Å². The topological polar surface area (TPSA) is 40.5 Å². The molecule has 0 unspecified atom stereocenters. The van der Waals surface area contributed by atoms with Crippen molar-refractivity contribution in [2.45, 2.75) is 30.8 Å². The molecule has 0 radical (unpaired) electrons. The van der Waals surface area contributed by atoms with Crippen LogP contribution in [0.1, 0.15) is 39.5 Å². The SMILES string of the molecule is C=Cc1cc(C(F)(F)F)cc(C(F)(F)F)c1.OC[C@@H](O)c1cc(C(F)(F)F)cc(C(F)(F)F)c1. The van der Waals surface area contributed by atoms with E-state index in [9.17, 15) is 52.7 Å². The van der Waals surface area contributed by atoms with Crippen molar-refractivity contribution in [2.75, 3.05) is 6.61 Å². The van der Waals surface area contributed by atoms with Gasteiger partial charge in [-0.25, -0.2) is 0 Å². The lowest BCUT2D eigenvalue weighted by Gasteiger charge is -2.16. The van der Waals surface area contributed by atoms with Gasteiger partial charge in [0.15, 0.2) is 0 Å². The fourth-order valence-electron chi connectivity index (χ4n) is 2.37. The minimum Gasteiger partial charge on any atom is -0.393 e. The summed E-state index contributed by atoms with van der Waals surface area (Å²) in [6.45, 7) is 2.17. The third-order valence-electron chi connectivity index (χ3n) is 4.01. The van der Waals surface area contributed by atoms with Gasteiger partial charge in [-0.1, -0.05) is 12.7 Å². The van der Waals surface area contributed by atoms with Crippen LogP contribution in [0.15, 0.2) is 43.0 Å². The summed E-state index contributed by atoms with van der Waals surface area (Å²) in [5, 5.41) is 17.7. The molecule has 0 aliphatic carbocycles. The van der Waals surface area contributed by atoms with Crippen LogP contribution in [0.2, 0.25) is 0 Å². The molecule has 0 heterocycles. The zero-order valence-electron chi connectivity index (χ0n) is 16.5. The number of hydrogen-bond acceptors (Lipinski definition) is 2. The highest BCUT2D eigenvalue weighted by molar-refractivity contribution is 5.51. The molecular weight excluding hydrogens is 500 g/mol. The largest absolute Gasteiger partial charge is 0.416 e. The van der Waals surface area contributed by atoms with Crippen LogP contribution in [-0.2, 0) is 24.7 Å². The van der Waals surface area contributed by atoms with Gasteiger partial charge in [0.05, 0.1) is 28.9 Å². The molecule has 0 spiro atoms. The first-order chi connectivity index (χ1) is 15.2. The van der Waals surface area contributed by atoms with E-state index in [0.29, 0.717) is 24.3 Å². The minimum atomic E-state index is -4.97. The first-order valence-electron chi connectivity index (χ1n) is 8.70. The van der Waals surface area contributed by atoms with Crippen LogP contribution in [0.5, 0.6) is 0 Å². The van der Waals surface area contributed by atoms with Crippen molar-refractivity contribution in [2.24, 2.45) is 0 Å². The molecule has 0 fully saturated rings. The van der Waals surface area contributed by atoms with Crippen molar-refractivity contribution >= 4 is 6.08 Å². The van der Waals surface area contributed by atoms with Crippen molar-refractivity contribution in [1.29, 1.82) is 0 Å². The van der Waals surface area contributed by atoms with Gasteiger partial charge in [-0.2, -0.15) is 52.7 Å². The van der Waals surface area contributed by atoms with Gasteiger partial charge in [-0.15, -0.1) is 0 Å². The zero-order chi connectivity index (χ0) is 26.7. The number of hydrogen-bond donors (Lipinski definition) is 2.